The highest BCUT2D eigenvalue weighted by Gasteiger charge is 2.44. The molecule has 234 valence electrons. The first kappa shape index (κ1) is 30.6. The lowest BCUT2D eigenvalue weighted by Crippen LogP contribution is -2.54. The average Bonchev–Trinajstić information content (AvgIpc) is 3.25. The van der Waals surface area contributed by atoms with Crippen LogP contribution in [0, 0.1) is 0 Å². The minimum absolute atomic E-state index is 0.0940. The van der Waals surface area contributed by atoms with Crippen molar-refractivity contribution < 1.29 is 38.1 Å². The number of anilines is 1. The molecule has 1 saturated carbocycles. The summed E-state index contributed by atoms with van der Waals surface area (Å²) in [4.78, 5) is 57.3. The van der Waals surface area contributed by atoms with Crippen molar-refractivity contribution in [1.82, 2.24) is 15.2 Å². The fourth-order valence-corrected chi connectivity index (χ4v) is 6.17. The topological polar surface area (TPSA) is 137 Å². The molecule has 4 aliphatic rings. The van der Waals surface area contributed by atoms with Crippen LogP contribution in [0.3, 0.4) is 0 Å². The molecule has 0 radical (unpaired) electrons. The number of hydrogen-bond acceptors (Lipinski definition) is 10. The van der Waals surface area contributed by atoms with Gasteiger partial charge in [-0.3, -0.25) is 29.4 Å². The van der Waals surface area contributed by atoms with Gasteiger partial charge in [0.25, 0.3) is 11.8 Å². The van der Waals surface area contributed by atoms with Gasteiger partial charge < -0.3 is 23.8 Å². The number of rotatable bonds is 12. The van der Waals surface area contributed by atoms with Crippen LogP contribution in [0.5, 0.6) is 5.88 Å². The Labute approximate surface area is 263 Å². The van der Waals surface area contributed by atoms with Crippen LogP contribution in [-0.4, -0.2) is 97.4 Å². The molecule has 12 nitrogen and oxygen atoms in total. The van der Waals surface area contributed by atoms with E-state index in [0.717, 1.165) is 53.8 Å². The fourth-order valence-electron chi connectivity index (χ4n) is 5.94. The molecule has 13 heteroatoms. The maximum atomic E-state index is 13.1. The number of imide groups is 2. The molecule has 3 aliphatic heterocycles. The second-order valence-electron chi connectivity index (χ2n) is 11.4. The molecule has 0 spiro atoms. The van der Waals surface area contributed by atoms with E-state index in [9.17, 15) is 19.2 Å². The lowest BCUT2D eigenvalue weighted by molar-refractivity contribution is -0.136. The van der Waals surface area contributed by atoms with Crippen molar-refractivity contribution >= 4 is 45.2 Å². The van der Waals surface area contributed by atoms with Crippen molar-refractivity contribution in [3.8, 4) is 5.88 Å². The summed E-state index contributed by atoms with van der Waals surface area (Å²) in [5.74, 6) is -1.37. The van der Waals surface area contributed by atoms with Crippen LogP contribution in [-0.2, 0) is 23.8 Å². The average molecular weight is 672 g/mol. The minimum Gasteiger partial charge on any atom is -0.474 e. The number of piperidine rings is 2. The molecule has 1 N–H and O–H groups in total. The Kier molecular flexibility index (Phi) is 9.55. The highest BCUT2D eigenvalue weighted by Crippen LogP contribution is 2.32. The smallest absolute Gasteiger partial charge is 0.262 e. The molecule has 1 aromatic carbocycles. The number of nitrogens with one attached hydrogen (secondary N) is 1. The van der Waals surface area contributed by atoms with E-state index < -0.39 is 29.7 Å². The van der Waals surface area contributed by atoms with E-state index in [4.69, 9.17) is 18.9 Å². The lowest BCUT2D eigenvalue weighted by Gasteiger charge is -2.34. The van der Waals surface area contributed by atoms with E-state index >= 15 is 0 Å². The molecule has 2 aromatic rings. The zero-order valence-corrected chi connectivity index (χ0v) is 25.8. The number of carbonyl (C=O) groups excluding carboxylic acids is 4. The van der Waals surface area contributed by atoms with Gasteiger partial charge in [0.05, 0.1) is 49.8 Å². The number of pyridine rings is 1. The van der Waals surface area contributed by atoms with E-state index in [-0.39, 0.29) is 36.7 Å². The second kappa shape index (κ2) is 13.7. The molecule has 2 saturated heterocycles. The highest BCUT2D eigenvalue weighted by molar-refractivity contribution is 9.10. The van der Waals surface area contributed by atoms with E-state index in [1.807, 2.05) is 18.2 Å². The number of ether oxygens (including phenoxy) is 4. The molecule has 4 amide bonds. The Hall–Kier alpha value is -3.39. The first-order chi connectivity index (χ1) is 21.4. The van der Waals surface area contributed by atoms with Crippen LogP contribution in [0.1, 0.15) is 59.2 Å². The number of amides is 4. The quantitative estimate of drug-likeness (QED) is 0.265. The predicted octanol–water partition coefficient (Wildman–Crippen LogP) is 2.87. The van der Waals surface area contributed by atoms with Crippen LogP contribution in [0.2, 0.25) is 0 Å². The van der Waals surface area contributed by atoms with E-state index in [1.165, 1.54) is 0 Å². The zero-order valence-electron chi connectivity index (χ0n) is 24.2. The molecular formula is C31H35BrN4O8. The zero-order chi connectivity index (χ0) is 30.6. The molecule has 4 heterocycles. The lowest BCUT2D eigenvalue weighted by atomic mass is 9.92. The summed E-state index contributed by atoms with van der Waals surface area (Å²) in [6.45, 7) is 3.56. The molecule has 44 heavy (non-hydrogen) atoms. The molecule has 0 bridgehead atoms. The Morgan fingerprint density at radius 3 is 2.27 bits per heavy atom. The van der Waals surface area contributed by atoms with E-state index in [0.29, 0.717) is 37.9 Å². The number of benzene rings is 1. The largest absolute Gasteiger partial charge is 0.474 e. The predicted molar refractivity (Wildman–Crippen MR) is 160 cm³/mol. The van der Waals surface area contributed by atoms with Gasteiger partial charge in [-0.25, -0.2) is 4.98 Å². The molecule has 1 atom stereocenters. The number of carbonyl (C=O) groups is 4. The number of fused-ring (bicyclic) bond motifs is 1. The molecule has 1 aliphatic carbocycles. The highest BCUT2D eigenvalue weighted by atomic mass is 79.9. The van der Waals surface area contributed by atoms with Gasteiger partial charge in [0.2, 0.25) is 17.7 Å². The van der Waals surface area contributed by atoms with Crippen LogP contribution >= 0.6 is 15.9 Å². The monoisotopic (exact) mass is 670 g/mol. The van der Waals surface area contributed by atoms with Crippen molar-refractivity contribution in [2.75, 3.05) is 44.4 Å². The van der Waals surface area contributed by atoms with Crippen molar-refractivity contribution in [2.45, 2.75) is 62.9 Å². The Morgan fingerprint density at radius 1 is 0.841 bits per heavy atom. The third-order valence-electron chi connectivity index (χ3n) is 8.43. The molecular weight excluding hydrogens is 636 g/mol. The maximum absolute atomic E-state index is 13.1. The number of halogens is 1. The Bertz CT molecular complexity index is 1390. The summed E-state index contributed by atoms with van der Waals surface area (Å²) >= 11 is 3.37. The van der Waals surface area contributed by atoms with Crippen molar-refractivity contribution in [3.05, 3.63) is 52.1 Å². The SMILES string of the molecule is O=C1CCC(N2C(=O)c3ccc(N4CCC(OCCOCCO[C@H]5C[C@H](Oc6ccc(Br)cn6)C5)CC4)cc3C2=O)C(=O)N1. The summed E-state index contributed by atoms with van der Waals surface area (Å²) in [5, 5.41) is 2.22. The summed E-state index contributed by atoms with van der Waals surface area (Å²) in [7, 11) is 0. The minimum atomic E-state index is -0.968. The van der Waals surface area contributed by atoms with Crippen molar-refractivity contribution in [3.63, 3.8) is 0 Å². The first-order valence-corrected chi connectivity index (χ1v) is 15.8. The Balaban J connectivity index is 0.852. The van der Waals surface area contributed by atoms with Gasteiger partial charge in [-0.2, -0.15) is 0 Å². The molecule has 3 fully saturated rings. The normalized spacial score (nSPS) is 23.9. The molecule has 6 rings (SSSR count). The van der Waals surface area contributed by atoms with Crippen molar-refractivity contribution in [2.24, 2.45) is 0 Å². The fraction of sp³-hybridized carbons (Fsp3) is 0.516. The summed E-state index contributed by atoms with van der Waals surface area (Å²) in [6, 6.07) is 8.01. The summed E-state index contributed by atoms with van der Waals surface area (Å²) in [6.07, 6.45) is 5.76. The Morgan fingerprint density at radius 2 is 1.57 bits per heavy atom. The van der Waals surface area contributed by atoms with Gasteiger partial charge in [0.1, 0.15) is 12.1 Å². The van der Waals surface area contributed by atoms with E-state index in [1.54, 1.807) is 18.3 Å². The summed E-state index contributed by atoms with van der Waals surface area (Å²) < 4.78 is 24.3. The van der Waals surface area contributed by atoms with Gasteiger partial charge in [-0.1, -0.05) is 0 Å². The molecule has 1 aromatic heterocycles. The van der Waals surface area contributed by atoms with Crippen LogP contribution in [0.4, 0.5) is 5.69 Å². The van der Waals surface area contributed by atoms with Gasteiger partial charge in [0, 0.05) is 54.8 Å². The van der Waals surface area contributed by atoms with Gasteiger partial charge in [-0.05, 0) is 59.5 Å². The van der Waals surface area contributed by atoms with Crippen LogP contribution in [0.15, 0.2) is 41.0 Å². The third-order valence-corrected chi connectivity index (χ3v) is 8.90. The van der Waals surface area contributed by atoms with Gasteiger partial charge in [0.15, 0.2) is 0 Å². The van der Waals surface area contributed by atoms with Crippen molar-refractivity contribution in [1.29, 1.82) is 0 Å². The maximum Gasteiger partial charge on any atom is 0.262 e. The second-order valence-corrected chi connectivity index (χ2v) is 12.3. The number of aromatic nitrogens is 1. The summed E-state index contributed by atoms with van der Waals surface area (Å²) in [5.41, 5.74) is 1.43. The van der Waals surface area contributed by atoms with Gasteiger partial charge >= 0.3 is 0 Å². The molecule has 1 unspecified atom stereocenters. The first-order valence-electron chi connectivity index (χ1n) is 15.1. The van der Waals surface area contributed by atoms with Gasteiger partial charge in [-0.15, -0.1) is 0 Å². The number of hydrogen-bond donors (Lipinski definition) is 1. The van der Waals surface area contributed by atoms with Crippen LogP contribution < -0.4 is 15.0 Å². The standard InChI is InChI=1S/C31H35BrN4O8/c32-19-1-6-28(33-18-19)44-23-16-22(17-23)43-14-12-41-11-13-42-21-7-9-35(10-8-21)20-2-3-24-25(15-20)31(40)36(30(24)39)26-4-5-27(37)34-29(26)38/h1-3,6,15,18,21-23,26H,4-5,7-14,16-17H2,(H,34,37,38)/t22-,23-,26?. The third kappa shape index (κ3) is 6.96. The van der Waals surface area contributed by atoms with Crippen LogP contribution in [0.25, 0.3) is 0 Å². The number of nitrogens with zero attached hydrogens (tertiary/aromatic N) is 3. The van der Waals surface area contributed by atoms with E-state index in [2.05, 4.69) is 31.1 Å².